The molecule has 0 radical (unpaired) electrons. The molecule has 0 N–H and O–H groups in total. The van der Waals surface area contributed by atoms with Gasteiger partial charge in [-0.15, -0.1) is 0 Å². The Bertz CT molecular complexity index is 97.4. The molecule has 60 valence electrons. The van der Waals surface area contributed by atoms with Crippen molar-refractivity contribution in [3.8, 4) is 0 Å². The second-order valence-corrected chi connectivity index (χ2v) is 2.87. The van der Waals surface area contributed by atoms with Crippen molar-refractivity contribution in [3.63, 3.8) is 0 Å². The quantitative estimate of drug-likeness (QED) is 0.611. The molecule has 0 spiro atoms. The molecule has 2 heteroatoms. The molecule has 0 fully saturated rings. The third kappa shape index (κ3) is 3.25. The maximum atomic E-state index is 11.2. The molecular formula is C8H16OS. The Hall–Kier alpha value is 0.0200. The van der Waals surface area contributed by atoms with E-state index in [1.807, 2.05) is 13.8 Å². The van der Waals surface area contributed by atoms with Crippen molar-refractivity contribution in [1.29, 1.82) is 0 Å². The molecule has 0 aliphatic heterocycles. The summed E-state index contributed by atoms with van der Waals surface area (Å²) in [4.78, 5) is 11.2. The highest BCUT2D eigenvalue weighted by molar-refractivity contribution is 7.80. The van der Waals surface area contributed by atoms with Crippen LogP contribution in [-0.4, -0.2) is 11.5 Å². The fourth-order valence-corrected chi connectivity index (χ4v) is 1.37. The number of hydrogen-bond acceptors (Lipinski definition) is 2. The fourth-order valence-electron chi connectivity index (χ4n) is 0.909. The Morgan fingerprint density at radius 1 is 1.50 bits per heavy atom. The van der Waals surface area contributed by atoms with E-state index in [1.54, 1.807) is 0 Å². The van der Waals surface area contributed by atoms with Gasteiger partial charge in [0, 0.05) is 12.3 Å². The molecule has 0 saturated carbocycles. The van der Waals surface area contributed by atoms with Gasteiger partial charge in [-0.2, -0.15) is 12.6 Å². The zero-order valence-electron chi connectivity index (χ0n) is 6.76. The molecule has 0 saturated heterocycles. The molecule has 0 aromatic heterocycles. The zero-order chi connectivity index (χ0) is 7.98. The van der Waals surface area contributed by atoms with Gasteiger partial charge in [0.1, 0.15) is 5.78 Å². The van der Waals surface area contributed by atoms with Crippen LogP contribution in [0.25, 0.3) is 0 Å². The molecule has 0 aromatic rings. The van der Waals surface area contributed by atoms with E-state index in [2.05, 4.69) is 12.6 Å². The van der Waals surface area contributed by atoms with E-state index in [9.17, 15) is 4.79 Å². The maximum absolute atomic E-state index is 11.2. The molecule has 0 aliphatic rings. The summed E-state index contributed by atoms with van der Waals surface area (Å²) < 4.78 is 0. The topological polar surface area (TPSA) is 17.1 Å². The van der Waals surface area contributed by atoms with Crippen LogP contribution in [0.4, 0.5) is 0 Å². The molecule has 0 aromatic carbocycles. The normalized spacial score (nSPS) is 13.1. The number of Topliss-reactive ketones (excluding diaryl/α,β-unsaturated/α-hetero) is 1. The molecule has 1 atom stereocenters. The van der Waals surface area contributed by atoms with Crippen LogP contribution in [-0.2, 0) is 4.79 Å². The molecule has 0 bridgehead atoms. The molecule has 0 amide bonds. The molecule has 0 aliphatic carbocycles. The molecule has 0 rings (SSSR count). The Balaban J connectivity index is 3.65. The summed E-state index contributed by atoms with van der Waals surface area (Å²) in [5.74, 6) is 1.28. The molecule has 1 nitrogen and oxygen atoms in total. The highest BCUT2D eigenvalue weighted by Crippen LogP contribution is 2.09. The SMILES string of the molecule is CCCC(=O)C(CC)CS. The molecular weight excluding hydrogens is 144 g/mol. The van der Waals surface area contributed by atoms with Crippen LogP contribution >= 0.6 is 12.6 Å². The van der Waals surface area contributed by atoms with Crippen LogP contribution < -0.4 is 0 Å². The molecule has 0 heterocycles. The highest BCUT2D eigenvalue weighted by atomic mass is 32.1. The number of thiol groups is 1. The van der Waals surface area contributed by atoms with Crippen LogP contribution in [0.2, 0.25) is 0 Å². The largest absolute Gasteiger partial charge is 0.299 e. The minimum Gasteiger partial charge on any atom is -0.299 e. The third-order valence-corrected chi connectivity index (χ3v) is 2.11. The van der Waals surface area contributed by atoms with Gasteiger partial charge >= 0.3 is 0 Å². The Morgan fingerprint density at radius 2 is 2.10 bits per heavy atom. The van der Waals surface area contributed by atoms with Crippen LogP contribution in [0.5, 0.6) is 0 Å². The van der Waals surface area contributed by atoms with Gasteiger partial charge in [-0.3, -0.25) is 4.79 Å². The van der Waals surface area contributed by atoms with Crippen LogP contribution in [0, 0.1) is 5.92 Å². The van der Waals surface area contributed by atoms with Gasteiger partial charge in [-0.05, 0) is 18.6 Å². The summed E-state index contributed by atoms with van der Waals surface area (Å²) in [6.45, 7) is 4.07. The summed E-state index contributed by atoms with van der Waals surface area (Å²) in [7, 11) is 0. The lowest BCUT2D eigenvalue weighted by Crippen LogP contribution is -2.14. The predicted molar refractivity (Wildman–Crippen MR) is 47.5 cm³/mol. The maximum Gasteiger partial charge on any atom is 0.136 e. The van der Waals surface area contributed by atoms with Gasteiger partial charge in [0.2, 0.25) is 0 Å². The lowest BCUT2D eigenvalue weighted by molar-refractivity contribution is -0.122. The summed E-state index contributed by atoms with van der Waals surface area (Å²) in [5, 5.41) is 0. The van der Waals surface area contributed by atoms with Gasteiger partial charge in [-0.25, -0.2) is 0 Å². The summed E-state index contributed by atoms with van der Waals surface area (Å²) >= 11 is 4.11. The average molecular weight is 160 g/mol. The van der Waals surface area contributed by atoms with Crippen molar-refractivity contribution in [1.82, 2.24) is 0 Å². The first-order valence-corrected chi connectivity index (χ1v) is 4.53. The van der Waals surface area contributed by atoms with E-state index in [4.69, 9.17) is 0 Å². The fraction of sp³-hybridized carbons (Fsp3) is 0.875. The van der Waals surface area contributed by atoms with Gasteiger partial charge < -0.3 is 0 Å². The van der Waals surface area contributed by atoms with Crippen LogP contribution in [0.15, 0.2) is 0 Å². The van der Waals surface area contributed by atoms with E-state index >= 15 is 0 Å². The predicted octanol–water partition coefficient (Wildman–Crippen LogP) is 2.31. The lowest BCUT2D eigenvalue weighted by atomic mass is 10.0. The summed E-state index contributed by atoms with van der Waals surface area (Å²) in [5.41, 5.74) is 0. The van der Waals surface area contributed by atoms with Crippen molar-refractivity contribution in [2.24, 2.45) is 5.92 Å². The number of rotatable bonds is 5. The zero-order valence-corrected chi connectivity index (χ0v) is 7.66. The number of ketones is 1. The standard InChI is InChI=1S/C8H16OS/c1-3-5-8(9)7(4-2)6-10/h7,10H,3-6H2,1-2H3. The van der Waals surface area contributed by atoms with Crippen molar-refractivity contribution >= 4 is 18.4 Å². The smallest absolute Gasteiger partial charge is 0.136 e. The van der Waals surface area contributed by atoms with E-state index in [-0.39, 0.29) is 5.92 Å². The molecule has 10 heavy (non-hydrogen) atoms. The molecule has 1 unspecified atom stereocenters. The van der Waals surface area contributed by atoms with Gasteiger partial charge in [-0.1, -0.05) is 13.8 Å². The van der Waals surface area contributed by atoms with Crippen molar-refractivity contribution < 1.29 is 4.79 Å². The van der Waals surface area contributed by atoms with E-state index in [0.717, 1.165) is 19.3 Å². The Morgan fingerprint density at radius 3 is 2.40 bits per heavy atom. The monoisotopic (exact) mass is 160 g/mol. The minimum atomic E-state index is 0.197. The van der Waals surface area contributed by atoms with Crippen molar-refractivity contribution in [2.75, 3.05) is 5.75 Å². The van der Waals surface area contributed by atoms with Crippen LogP contribution in [0.3, 0.4) is 0 Å². The van der Waals surface area contributed by atoms with Gasteiger partial charge in [0.15, 0.2) is 0 Å². The first-order valence-electron chi connectivity index (χ1n) is 3.89. The van der Waals surface area contributed by atoms with Crippen molar-refractivity contribution in [3.05, 3.63) is 0 Å². The van der Waals surface area contributed by atoms with Crippen LogP contribution in [0.1, 0.15) is 33.1 Å². The average Bonchev–Trinajstić information content (AvgIpc) is 1.91. The first-order chi connectivity index (χ1) is 4.76. The summed E-state index contributed by atoms with van der Waals surface area (Å²) in [6.07, 6.45) is 2.62. The Labute approximate surface area is 68.6 Å². The second-order valence-electron chi connectivity index (χ2n) is 2.50. The van der Waals surface area contributed by atoms with E-state index in [1.165, 1.54) is 0 Å². The minimum absolute atomic E-state index is 0.197. The Kier molecular flexibility index (Phi) is 5.79. The number of carbonyl (C=O) groups is 1. The van der Waals surface area contributed by atoms with E-state index in [0.29, 0.717) is 11.5 Å². The third-order valence-electron chi connectivity index (χ3n) is 1.66. The number of hydrogen-bond donors (Lipinski definition) is 1. The van der Waals surface area contributed by atoms with Gasteiger partial charge in [0.25, 0.3) is 0 Å². The summed E-state index contributed by atoms with van der Waals surface area (Å²) in [6, 6.07) is 0. The van der Waals surface area contributed by atoms with Gasteiger partial charge in [0.05, 0.1) is 0 Å². The van der Waals surface area contributed by atoms with E-state index < -0.39 is 0 Å². The highest BCUT2D eigenvalue weighted by Gasteiger charge is 2.12. The number of carbonyl (C=O) groups excluding carboxylic acids is 1. The lowest BCUT2D eigenvalue weighted by Gasteiger charge is -2.08. The second kappa shape index (κ2) is 5.78. The first kappa shape index (κ1) is 10.0. The van der Waals surface area contributed by atoms with Crippen molar-refractivity contribution in [2.45, 2.75) is 33.1 Å².